The quantitative estimate of drug-likeness (QED) is 0.788. The van der Waals surface area contributed by atoms with Crippen LogP contribution in [0.5, 0.6) is 5.75 Å². The number of amides is 2. The molecular weight excluding hydrogens is 364 g/mol. The van der Waals surface area contributed by atoms with Crippen molar-refractivity contribution in [3.63, 3.8) is 0 Å². The molecule has 5 nitrogen and oxygen atoms in total. The molecular formula is C21H21ClN2O3. The summed E-state index contributed by atoms with van der Waals surface area (Å²) in [5.74, 6) is 0.208. The van der Waals surface area contributed by atoms with Crippen molar-refractivity contribution >= 4 is 34.8 Å². The van der Waals surface area contributed by atoms with E-state index >= 15 is 0 Å². The predicted molar refractivity (Wildman–Crippen MR) is 108 cm³/mol. The molecule has 0 unspecified atom stereocenters. The average molecular weight is 385 g/mol. The van der Waals surface area contributed by atoms with Crippen molar-refractivity contribution in [1.29, 1.82) is 0 Å². The van der Waals surface area contributed by atoms with E-state index in [-0.39, 0.29) is 18.4 Å². The van der Waals surface area contributed by atoms with E-state index in [2.05, 4.69) is 11.9 Å². The fourth-order valence-corrected chi connectivity index (χ4v) is 3.10. The fraction of sp³-hybridized carbons (Fsp3) is 0.238. The number of carbonyl (C=O) groups is 2. The third-order valence-electron chi connectivity index (χ3n) is 4.35. The highest BCUT2D eigenvalue weighted by Gasteiger charge is 2.37. The Morgan fingerprint density at radius 2 is 2.07 bits per heavy atom. The summed E-state index contributed by atoms with van der Waals surface area (Å²) in [5, 5.41) is 3.20. The molecule has 0 bridgehead atoms. The van der Waals surface area contributed by atoms with E-state index < -0.39 is 5.41 Å². The van der Waals surface area contributed by atoms with E-state index in [0.29, 0.717) is 34.3 Å². The van der Waals surface area contributed by atoms with Gasteiger partial charge < -0.3 is 15.0 Å². The number of carbonyl (C=O) groups excluding carboxylic acids is 2. The highest BCUT2D eigenvalue weighted by molar-refractivity contribution is 6.34. The summed E-state index contributed by atoms with van der Waals surface area (Å²) in [4.78, 5) is 27.1. The first kappa shape index (κ1) is 19.0. The van der Waals surface area contributed by atoms with Crippen LogP contribution < -0.4 is 15.0 Å². The Labute approximate surface area is 163 Å². The van der Waals surface area contributed by atoms with Crippen LogP contribution >= 0.6 is 11.6 Å². The maximum absolute atomic E-state index is 12.9. The number of anilines is 2. The van der Waals surface area contributed by atoms with Crippen LogP contribution in [0.15, 0.2) is 55.1 Å². The molecule has 2 aromatic rings. The minimum Gasteiger partial charge on any atom is -0.490 e. The van der Waals surface area contributed by atoms with Gasteiger partial charge in [0.25, 0.3) is 5.91 Å². The second kappa shape index (κ2) is 7.45. The molecule has 1 N–H and O–H groups in total. The van der Waals surface area contributed by atoms with E-state index in [9.17, 15) is 9.59 Å². The zero-order valence-corrected chi connectivity index (χ0v) is 16.0. The summed E-state index contributed by atoms with van der Waals surface area (Å²) in [7, 11) is 0. The molecule has 0 aliphatic carbocycles. The lowest BCUT2D eigenvalue weighted by Gasteiger charge is -2.27. The van der Waals surface area contributed by atoms with Gasteiger partial charge in [-0.1, -0.05) is 29.8 Å². The van der Waals surface area contributed by atoms with E-state index in [1.807, 2.05) is 13.8 Å². The number of ether oxygens (including phenoxy) is 1. The van der Waals surface area contributed by atoms with Crippen molar-refractivity contribution in [3.8, 4) is 5.75 Å². The first-order chi connectivity index (χ1) is 12.8. The number of hydrogen-bond donors (Lipinski definition) is 1. The number of nitrogens with one attached hydrogen (secondary N) is 1. The first-order valence-electron chi connectivity index (χ1n) is 8.59. The van der Waals surface area contributed by atoms with Gasteiger partial charge in [-0.3, -0.25) is 9.59 Å². The van der Waals surface area contributed by atoms with Crippen molar-refractivity contribution in [2.45, 2.75) is 13.8 Å². The predicted octanol–water partition coefficient (Wildman–Crippen LogP) is 4.53. The van der Waals surface area contributed by atoms with Crippen LogP contribution in [0.4, 0.5) is 11.4 Å². The molecule has 0 fully saturated rings. The lowest BCUT2D eigenvalue weighted by atomic mass is 9.93. The van der Waals surface area contributed by atoms with Crippen LogP contribution in [-0.2, 0) is 4.79 Å². The van der Waals surface area contributed by atoms with Gasteiger partial charge in [-0.2, -0.15) is 0 Å². The number of benzene rings is 2. The van der Waals surface area contributed by atoms with Gasteiger partial charge >= 0.3 is 0 Å². The first-order valence-corrected chi connectivity index (χ1v) is 8.97. The molecule has 1 aliphatic rings. The molecule has 1 aliphatic heterocycles. The van der Waals surface area contributed by atoms with Gasteiger partial charge in [0, 0.05) is 12.2 Å². The minimum atomic E-state index is -0.664. The largest absolute Gasteiger partial charge is 0.490 e. The number of fused-ring (bicyclic) bond motifs is 1. The highest BCUT2D eigenvalue weighted by atomic mass is 35.5. The van der Waals surface area contributed by atoms with E-state index in [0.717, 1.165) is 0 Å². The zero-order valence-electron chi connectivity index (χ0n) is 15.3. The molecule has 140 valence electrons. The third kappa shape index (κ3) is 3.83. The molecule has 0 saturated heterocycles. The molecule has 6 heteroatoms. The molecule has 2 amide bonds. The summed E-state index contributed by atoms with van der Waals surface area (Å²) < 4.78 is 5.84. The average Bonchev–Trinajstić information content (AvgIpc) is 2.72. The summed E-state index contributed by atoms with van der Waals surface area (Å²) in [6.07, 6.45) is 1.66. The zero-order chi connectivity index (χ0) is 19.6. The Hall–Kier alpha value is -2.79. The Balaban J connectivity index is 1.95. The molecule has 0 aromatic heterocycles. The lowest BCUT2D eigenvalue weighted by Crippen LogP contribution is -2.42. The van der Waals surface area contributed by atoms with Crippen LogP contribution in [0.1, 0.15) is 24.2 Å². The molecule has 3 rings (SSSR count). The number of halogens is 1. The van der Waals surface area contributed by atoms with Gasteiger partial charge in [-0.25, -0.2) is 0 Å². The third-order valence-corrected chi connectivity index (χ3v) is 4.68. The Kier molecular flexibility index (Phi) is 5.24. The highest BCUT2D eigenvalue weighted by Crippen LogP contribution is 2.38. The van der Waals surface area contributed by atoms with Crippen molar-refractivity contribution in [3.05, 3.63) is 65.7 Å². The molecule has 0 spiro atoms. The Morgan fingerprint density at radius 3 is 2.78 bits per heavy atom. The Morgan fingerprint density at radius 1 is 1.33 bits per heavy atom. The van der Waals surface area contributed by atoms with E-state index in [1.165, 1.54) is 0 Å². The SMILES string of the molecule is C=CCN1C(=O)C(C)(C)COc2ccc(NC(=O)c3ccccc3Cl)cc21. The second-order valence-electron chi connectivity index (χ2n) is 6.99. The minimum absolute atomic E-state index is 0.0595. The topological polar surface area (TPSA) is 58.6 Å². The van der Waals surface area contributed by atoms with Gasteiger partial charge in [-0.05, 0) is 44.2 Å². The molecule has 1 heterocycles. The summed E-state index contributed by atoms with van der Waals surface area (Å²) in [6.45, 7) is 8.05. The Bertz CT molecular complexity index is 908. The standard InChI is InChI=1S/C21H21ClN2O3/c1-4-11-24-17-12-14(23-19(25)15-7-5-6-8-16(15)22)9-10-18(17)27-13-21(2,3)20(24)26/h4-10,12H,1,11,13H2,2-3H3,(H,23,25). The van der Waals surface area contributed by atoms with Crippen LogP contribution in [0.2, 0.25) is 5.02 Å². The van der Waals surface area contributed by atoms with Gasteiger partial charge in [0.2, 0.25) is 5.91 Å². The lowest BCUT2D eigenvalue weighted by molar-refractivity contribution is -0.127. The molecule has 0 saturated carbocycles. The normalized spacial score (nSPS) is 15.4. The summed E-state index contributed by atoms with van der Waals surface area (Å²) in [5.41, 5.74) is 0.861. The van der Waals surface area contributed by atoms with Crippen LogP contribution in [-0.4, -0.2) is 25.0 Å². The van der Waals surface area contributed by atoms with Crippen molar-refractivity contribution in [1.82, 2.24) is 0 Å². The van der Waals surface area contributed by atoms with Crippen molar-refractivity contribution < 1.29 is 14.3 Å². The van der Waals surface area contributed by atoms with Gasteiger partial charge in [-0.15, -0.1) is 6.58 Å². The number of nitrogens with zero attached hydrogens (tertiary/aromatic N) is 1. The monoisotopic (exact) mass is 384 g/mol. The van der Waals surface area contributed by atoms with Crippen LogP contribution in [0.25, 0.3) is 0 Å². The maximum Gasteiger partial charge on any atom is 0.257 e. The van der Waals surface area contributed by atoms with Crippen molar-refractivity contribution in [2.24, 2.45) is 5.41 Å². The van der Waals surface area contributed by atoms with Gasteiger partial charge in [0.05, 0.1) is 21.7 Å². The molecule has 27 heavy (non-hydrogen) atoms. The van der Waals surface area contributed by atoms with Crippen molar-refractivity contribution in [2.75, 3.05) is 23.4 Å². The van der Waals surface area contributed by atoms with Gasteiger partial charge in [0.15, 0.2) is 0 Å². The van der Waals surface area contributed by atoms with E-state index in [1.54, 1.807) is 53.4 Å². The molecule has 0 atom stereocenters. The van der Waals surface area contributed by atoms with Crippen LogP contribution in [0.3, 0.4) is 0 Å². The smallest absolute Gasteiger partial charge is 0.257 e. The van der Waals surface area contributed by atoms with Gasteiger partial charge in [0.1, 0.15) is 12.4 Å². The number of hydrogen-bond acceptors (Lipinski definition) is 3. The summed E-state index contributed by atoms with van der Waals surface area (Å²) in [6, 6.07) is 12.0. The van der Waals surface area contributed by atoms with Crippen LogP contribution in [0, 0.1) is 5.41 Å². The summed E-state index contributed by atoms with van der Waals surface area (Å²) >= 11 is 6.09. The maximum atomic E-state index is 12.9. The van der Waals surface area contributed by atoms with E-state index in [4.69, 9.17) is 16.3 Å². The second-order valence-corrected chi connectivity index (χ2v) is 7.40. The number of rotatable bonds is 4. The molecule has 2 aromatic carbocycles. The molecule has 0 radical (unpaired) electrons. The fourth-order valence-electron chi connectivity index (χ4n) is 2.88.